The highest BCUT2D eigenvalue weighted by Crippen LogP contribution is 2.34. The molecule has 1 aliphatic heterocycles. The monoisotopic (exact) mass is 249 g/mol. The van der Waals surface area contributed by atoms with Crippen molar-refractivity contribution in [3.8, 4) is 0 Å². The van der Waals surface area contributed by atoms with Crippen molar-refractivity contribution in [3.63, 3.8) is 0 Å². The Bertz CT molecular complexity index is 407. The minimum absolute atomic E-state index is 0.0640. The van der Waals surface area contributed by atoms with E-state index in [1.807, 2.05) is 30.3 Å². The fourth-order valence-electron chi connectivity index (χ4n) is 2.63. The molecule has 1 aliphatic rings. The first kappa shape index (κ1) is 13.1. The zero-order valence-electron chi connectivity index (χ0n) is 10.4. The minimum Gasteiger partial charge on any atom is -0.481 e. The van der Waals surface area contributed by atoms with Crippen LogP contribution in [0.25, 0.3) is 0 Å². The van der Waals surface area contributed by atoms with Gasteiger partial charge in [-0.05, 0) is 24.9 Å². The Morgan fingerprint density at radius 3 is 2.67 bits per heavy atom. The smallest absolute Gasteiger partial charge is 0.311 e. The molecular weight excluding hydrogens is 230 g/mol. The molecule has 1 heterocycles. The van der Waals surface area contributed by atoms with E-state index in [2.05, 4.69) is 4.90 Å². The largest absolute Gasteiger partial charge is 0.481 e. The molecule has 4 heteroatoms. The Balaban J connectivity index is 2.01. The van der Waals surface area contributed by atoms with E-state index in [1.165, 1.54) is 5.56 Å². The highest BCUT2D eigenvalue weighted by Gasteiger charge is 2.44. The van der Waals surface area contributed by atoms with E-state index in [1.54, 1.807) is 0 Å². The summed E-state index contributed by atoms with van der Waals surface area (Å²) in [5.41, 5.74) is 0.437. The number of carboxylic acids is 1. The Hall–Kier alpha value is -1.39. The molecule has 0 saturated carbocycles. The van der Waals surface area contributed by atoms with Crippen LogP contribution in [0.5, 0.6) is 0 Å². The number of aliphatic hydroxyl groups is 1. The molecule has 2 N–H and O–H groups in total. The van der Waals surface area contributed by atoms with Gasteiger partial charge in [-0.1, -0.05) is 30.3 Å². The molecule has 0 unspecified atom stereocenters. The zero-order chi connectivity index (χ0) is 13.0. The summed E-state index contributed by atoms with van der Waals surface area (Å²) in [7, 11) is 0. The SMILES string of the molecule is O=C(O)[C@@]1(CCO)CCN(Cc2ccccc2)C1. The van der Waals surface area contributed by atoms with Gasteiger partial charge in [-0.2, -0.15) is 0 Å². The minimum atomic E-state index is -0.785. The number of hydrogen-bond donors (Lipinski definition) is 2. The quantitative estimate of drug-likeness (QED) is 0.827. The molecule has 4 nitrogen and oxygen atoms in total. The number of aliphatic hydroxyl groups excluding tert-OH is 1. The van der Waals surface area contributed by atoms with Gasteiger partial charge in [-0.15, -0.1) is 0 Å². The van der Waals surface area contributed by atoms with Crippen LogP contribution in [0.15, 0.2) is 30.3 Å². The Kier molecular flexibility index (Phi) is 3.99. The third kappa shape index (κ3) is 2.71. The first-order chi connectivity index (χ1) is 8.66. The number of aliphatic carboxylic acids is 1. The lowest BCUT2D eigenvalue weighted by molar-refractivity contribution is -0.149. The molecule has 98 valence electrons. The molecule has 0 radical (unpaired) electrons. The molecular formula is C14H19NO3. The summed E-state index contributed by atoms with van der Waals surface area (Å²) >= 11 is 0. The molecule has 0 spiro atoms. The summed E-state index contributed by atoms with van der Waals surface area (Å²) in [5.74, 6) is -0.785. The molecule has 0 bridgehead atoms. The van der Waals surface area contributed by atoms with Crippen molar-refractivity contribution in [2.75, 3.05) is 19.7 Å². The number of benzene rings is 1. The molecule has 1 atom stereocenters. The predicted molar refractivity (Wildman–Crippen MR) is 68.1 cm³/mol. The fourth-order valence-corrected chi connectivity index (χ4v) is 2.63. The maximum Gasteiger partial charge on any atom is 0.311 e. The van der Waals surface area contributed by atoms with Gasteiger partial charge in [0.1, 0.15) is 0 Å². The van der Waals surface area contributed by atoms with Crippen LogP contribution in [0.3, 0.4) is 0 Å². The predicted octanol–water partition coefficient (Wildman–Crippen LogP) is 1.35. The summed E-state index contributed by atoms with van der Waals surface area (Å²) in [4.78, 5) is 13.5. The van der Waals surface area contributed by atoms with Gasteiger partial charge in [-0.3, -0.25) is 9.69 Å². The highest BCUT2D eigenvalue weighted by molar-refractivity contribution is 5.75. The lowest BCUT2D eigenvalue weighted by Gasteiger charge is -2.24. The van der Waals surface area contributed by atoms with Crippen molar-refractivity contribution in [1.82, 2.24) is 4.90 Å². The summed E-state index contributed by atoms with van der Waals surface area (Å²) < 4.78 is 0. The topological polar surface area (TPSA) is 60.8 Å². The third-order valence-corrected chi connectivity index (χ3v) is 3.73. The van der Waals surface area contributed by atoms with Crippen molar-refractivity contribution in [3.05, 3.63) is 35.9 Å². The summed E-state index contributed by atoms with van der Waals surface area (Å²) in [6.07, 6.45) is 0.962. The first-order valence-corrected chi connectivity index (χ1v) is 6.27. The van der Waals surface area contributed by atoms with Gasteiger partial charge in [0.2, 0.25) is 0 Å². The van der Waals surface area contributed by atoms with Crippen molar-refractivity contribution in [2.45, 2.75) is 19.4 Å². The summed E-state index contributed by atoms with van der Waals surface area (Å²) in [5, 5.41) is 18.4. The molecule has 18 heavy (non-hydrogen) atoms. The van der Waals surface area contributed by atoms with Crippen LogP contribution >= 0.6 is 0 Å². The van der Waals surface area contributed by atoms with Crippen molar-refractivity contribution in [2.24, 2.45) is 5.41 Å². The number of rotatable bonds is 5. The van der Waals surface area contributed by atoms with E-state index in [0.29, 0.717) is 19.4 Å². The van der Waals surface area contributed by atoms with Gasteiger partial charge in [0.25, 0.3) is 0 Å². The highest BCUT2D eigenvalue weighted by atomic mass is 16.4. The molecule has 0 amide bonds. The van der Waals surface area contributed by atoms with Crippen LogP contribution in [0.1, 0.15) is 18.4 Å². The van der Waals surface area contributed by atoms with Crippen molar-refractivity contribution < 1.29 is 15.0 Å². The van der Waals surface area contributed by atoms with E-state index in [0.717, 1.165) is 13.1 Å². The van der Waals surface area contributed by atoms with Crippen LogP contribution < -0.4 is 0 Å². The Labute approximate surface area is 107 Å². The molecule has 2 rings (SSSR count). The van der Waals surface area contributed by atoms with E-state index < -0.39 is 11.4 Å². The van der Waals surface area contributed by atoms with Crippen LogP contribution in [-0.2, 0) is 11.3 Å². The standard InChI is InChI=1S/C14H19NO3/c16-9-7-14(13(17)18)6-8-15(11-14)10-12-4-2-1-3-5-12/h1-5,16H,6-11H2,(H,17,18)/t14-/m1/s1. The van der Waals surface area contributed by atoms with Crippen molar-refractivity contribution >= 4 is 5.97 Å². The molecule has 1 fully saturated rings. The lowest BCUT2D eigenvalue weighted by atomic mass is 9.84. The summed E-state index contributed by atoms with van der Waals surface area (Å²) in [6, 6.07) is 10.0. The zero-order valence-corrected chi connectivity index (χ0v) is 10.4. The Morgan fingerprint density at radius 2 is 2.06 bits per heavy atom. The first-order valence-electron chi connectivity index (χ1n) is 6.27. The second-order valence-electron chi connectivity index (χ2n) is 5.01. The van der Waals surface area contributed by atoms with Gasteiger partial charge < -0.3 is 10.2 Å². The van der Waals surface area contributed by atoms with E-state index in [9.17, 15) is 9.90 Å². The van der Waals surface area contributed by atoms with Gasteiger partial charge in [-0.25, -0.2) is 0 Å². The number of hydrogen-bond acceptors (Lipinski definition) is 3. The number of likely N-dealkylation sites (tertiary alicyclic amines) is 1. The summed E-state index contributed by atoms with van der Waals surface area (Å²) in [6.45, 7) is 2.02. The molecule has 1 aromatic carbocycles. The van der Waals surface area contributed by atoms with Gasteiger partial charge in [0.15, 0.2) is 0 Å². The second kappa shape index (κ2) is 5.50. The van der Waals surface area contributed by atoms with Gasteiger partial charge in [0, 0.05) is 19.7 Å². The van der Waals surface area contributed by atoms with Crippen LogP contribution in [0.4, 0.5) is 0 Å². The normalized spacial score (nSPS) is 24.3. The number of carboxylic acid groups (broad SMARTS) is 1. The van der Waals surface area contributed by atoms with E-state index in [4.69, 9.17) is 5.11 Å². The van der Waals surface area contributed by atoms with E-state index >= 15 is 0 Å². The lowest BCUT2D eigenvalue weighted by Crippen LogP contribution is -2.35. The molecule has 1 aromatic rings. The average Bonchev–Trinajstić information content (AvgIpc) is 2.76. The average molecular weight is 249 g/mol. The van der Waals surface area contributed by atoms with Crippen LogP contribution in [-0.4, -0.2) is 40.8 Å². The van der Waals surface area contributed by atoms with Crippen molar-refractivity contribution in [1.29, 1.82) is 0 Å². The number of carbonyl (C=O) groups is 1. The fraction of sp³-hybridized carbons (Fsp3) is 0.500. The Morgan fingerprint density at radius 1 is 1.33 bits per heavy atom. The molecule has 0 aliphatic carbocycles. The van der Waals surface area contributed by atoms with E-state index in [-0.39, 0.29) is 6.61 Å². The maximum absolute atomic E-state index is 11.4. The molecule has 0 aromatic heterocycles. The second-order valence-corrected chi connectivity index (χ2v) is 5.01. The van der Waals surface area contributed by atoms with Gasteiger partial charge in [0.05, 0.1) is 5.41 Å². The maximum atomic E-state index is 11.4. The molecule has 1 saturated heterocycles. The van der Waals surface area contributed by atoms with Crippen LogP contribution in [0.2, 0.25) is 0 Å². The van der Waals surface area contributed by atoms with Gasteiger partial charge >= 0.3 is 5.97 Å². The third-order valence-electron chi connectivity index (χ3n) is 3.73. The van der Waals surface area contributed by atoms with Crippen LogP contribution in [0, 0.1) is 5.41 Å². The number of nitrogens with zero attached hydrogens (tertiary/aromatic N) is 1.